The van der Waals surface area contributed by atoms with E-state index in [1.165, 1.54) is 11.8 Å². The van der Waals surface area contributed by atoms with Crippen molar-refractivity contribution in [2.45, 2.75) is 18.6 Å². The summed E-state index contributed by atoms with van der Waals surface area (Å²) in [4.78, 5) is 12.2. The van der Waals surface area contributed by atoms with Crippen molar-refractivity contribution in [2.75, 3.05) is 7.11 Å². The molecule has 7 heteroatoms. The van der Waals surface area contributed by atoms with E-state index >= 15 is 0 Å². The third-order valence-electron chi connectivity index (χ3n) is 3.91. The lowest BCUT2D eigenvalue weighted by Gasteiger charge is -2.06. The molecule has 26 heavy (non-hydrogen) atoms. The first kappa shape index (κ1) is 18.5. The predicted molar refractivity (Wildman–Crippen MR) is 107 cm³/mol. The van der Waals surface area contributed by atoms with Crippen LogP contribution in [0.2, 0.25) is 5.02 Å². The molecule has 3 rings (SSSR count). The average Bonchev–Trinajstić information content (AvgIpc) is 3.00. The Balaban J connectivity index is 1.65. The molecule has 5 nitrogen and oxygen atoms in total. The number of hydrogen-bond donors (Lipinski definition) is 1. The molecule has 2 aromatic carbocycles. The van der Waals surface area contributed by atoms with Gasteiger partial charge in [-0.2, -0.15) is 5.10 Å². The molecule has 1 amide bonds. The number of amidine groups is 1. The maximum Gasteiger partial charge on any atom is 0.239 e. The molecule has 0 unspecified atom stereocenters. The van der Waals surface area contributed by atoms with Gasteiger partial charge in [0.05, 0.1) is 18.1 Å². The summed E-state index contributed by atoms with van der Waals surface area (Å²) in [5.74, 6) is 0.746. The van der Waals surface area contributed by atoms with Gasteiger partial charge >= 0.3 is 0 Å². The molecule has 0 aliphatic carbocycles. The van der Waals surface area contributed by atoms with Gasteiger partial charge in [0.15, 0.2) is 5.17 Å². The Hall–Kier alpha value is -2.31. The third-order valence-corrected chi connectivity index (χ3v) is 5.23. The zero-order valence-corrected chi connectivity index (χ0v) is 16.0. The van der Waals surface area contributed by atoms with Gasteiger partial charge in [0, 0.05) is 5.02 Å². The van der Waals surface area contributed by atoms with Crippen LogP contribution < -0.4 is 10.1 Å². The predicted octanol–water partition coefficient (Wildman–Crippen LogP) is 3.90. The Kier molecular flexibility index (Phi) is 5.96. The molecule has 0 radical (unpaired) electrons. The summed E-state index contributed by atoms with van der Waals surface area (Å²) >= 11 is 7.28. The highest BCUT2D eigenvalue weighted by Gasteiger charge is 2.30. The quantitative estimate of drug-likeness (QED) is 0.625. The molecule has 2 aromatic rings. The van der Waals surface area contributed by atoms with Gasteiger partial charge in [-0.25, -0.2) is 0 Å². The van der Waals surface area contributed by atoms with Crippen molar-refractivity contribution in [1.29, 1.82) is 0 Å². The number of thioether (sulfide) groups is 1. The van der Waals surface area contributed by atoms with E-state index < -0.39 is 0 Å². The normalized spacial score (nSPS) is 18.9. The molecule has 1 heterocycles. The second-order valence-corrected chi connectivity index (χ2v) is 7.37. The maximum absolute atomic E-state index is 12.2. The zero-order chi connectivity index (χ0) is 18.5. The number of nitrogens with one attached hydrogen (secondary N) is 1. The maximum atomic E-state index is 12.2. The van der Waals surface area contributed by atoms with Crippen LogP contribution in [-0.4, -0.2) is 29.1 Å². The number of rotatable bonds is 5. The standard InChI is InChI=1S/C19H18ClN3O2S/c1-12(14-5-7-15(20)8-6-14)22-23-19-21-18(24)17(26-19)11-13-3-9-16(25-2)10-4-13/h3-10,17H,11H2,1-2H3,(H,21,23,24)/b22-12-/t17-/m1/s1. The summed E-state index contributed by atoms with van der Waals surface area (Å²) in [5.41, 5.74) is 2.76. The Morgan fingerprint density at radius 3 is 2.54 bits per heavy atom. The van der Waals surface area contributed by atoms with Crippen molar-refractivity contribution in [3.8, 4) is 5.75 Å². The first-order chi connectivity index (χ1) is 12.5. The highest BCUT2D eigenvalue weighted by Crippen LogP contribution is 2.24. The highest BCUT2D eigenvalue weighted by atomic mass is 35.5. The number of carbonyl (C=O) groups is 1. The fourth-order valence-electron chi connectivity index (χ4n) is 2.43. The van der Waals surface area contributed by atoms with Crippen molar-refractivity contribution >= 4 is 40.1 Å². The van der Waals surface area contributed by atoms with Crippen LogP contribution in [0.5, 0.6) is 5.75 Å². The molecule has 0 aromatic heterocycles. The number of nitrogens with zero attached hydrogens (tertiary/aromatic N) is 2. The number of methoxy groups -OCH3 is 1. The summed E-state index contributed by atoms with van der Waals surface area (Å²) in [5, 5.41) is 12.1. The van der Waals surface area contributed by atoms with E-state index in [2.05, 4.69) is 15.5 Å². The minimum absolute atomic E-state index is 0.0519. The van der Waals surface area contributed by atoms with Crippen molar-refractivity contribution in [3.63, 3.8) is 0 Å². The van der Waals surface area contributed by atoms with Gasteiger partial charge in [-0.1, -0.05) is 47.6 Å². The lowest BCUT2D eigenvalue weighted by Crippen LogP contribution is -2.25. The molecular weight excluding hydrogens is 370 g/mol. The summed E-state index contributed by atoms with van der Waals surface area (Å²) < 4.78 is 5.15. The molecule has 1 fully saturated rings. The van der Waals surface area contributed by atoms with Crippen LogP contribution in [0.25, 0.3) is 0 Å². The van der Waals surface area contributed by atoms with E-state index in [0.29, 0.717) is 16.6 Å². The van der Waals surface area contributed by atoms with Crippen LogP contribution in [0.4, 0.5) is 0 Å². The molecule has 0 saturated carbocycles. The minimum Gasteiger partial charge on any atom is -0.497 e. The van der Waals surface area contributed by atoms with E-state index in [1.54, 1.807) is 19.2 Å². The number of benzene rings is 2. The number of amides is 1. The van der Waals surface area contributed by atoms with Crippen LogP contribution >= 0.6 is 23.4 Å². The Morgan fingerprint density at radius 2 is 1.88 bits per heavy atom. The SMILES string of the molecule is COc1ccc(C[C@H]2S/C(=N/N=C(/C)c3ccc(Cl)cc3)NC2=O)cc1. The van der Waals surface area contributed by atoms with Gasteiger partial charge in [0.25, 0.3) is 0 Å². The molecule has 1 N–H and O–H groups in total. The minimum atomic E-state index is -0.215. The first-order valence-electron chi connectivity index (χ1n) is 8.04. The van der Waals surface area contributed by atoms with E-state index in [4.69, 9.17) is 16.3 Å². The third kappa shape index (κ3) is 4.65. The molecule has 1 aliphatic heterocycles. The molecular formula is C19H18ClN3O2S. The van der Waals surface area contributed by atoms with Gasteiger partial charge < -0.3 is 10.1 Å². The smallest absolute Gasteiger partial charge is 0.239 e. The molecule has 1 saturated heterocycles. The largest absolute Gasteiger partial charge is 0.497 e. The van der Waals surface area contributed by atoms with Crippen molar-refractivity contribution in [1.82, 2.24) is 5.32 Å². The van der Waals surface area contributed by atoms with Crippen LogP contribution in [0.1, 0.15) is 18.1 Å². The lowest BCUT2D eigenvalue weighted by atomic mass is 10.1. The Bertz CT molecular complexity index is 848. The second-order valence-electron chi connectivity index (χ2n) is 5.75. The summed E-state index contributed by atoms with van der Waals surface area (Å²) in [6, 6.07) is 15.1. The van der Waals surface area contributed by atoms with Crippen LogP contribution in [0.3, 0.4) is 0 Å². The van der Waals surface area contributed by atoms with Gasteiger partial charge in [-0.3, -0.25) is 4.79 Å². The summed E-state index contributed by atoms with van der Waals surface area (Å²) in [6.45, 7) is 1.86. The van der Waals surface area contributed by atoms with E-state index in [9.17, 15) is 4.79 Å². The fourth-order valence-corrected chi connectivity index (χ4v) is 3.52. The monoisotopic (exact) mass is 387 g/mol. The average molecular weight is 388 g/mol. The van der Waals surface area contributed by atoms with E-state index in [-0.39, 0.29) is 11.2 Å². The number of carbonyl (C=O) groups excluding carboxylic acids is 1. The zero-order valence-electron chi connectivity index (χ0n) is 14.4. The van der Waals surface area contributed by atoms with Crippen molar-refractivity contribution < 1.29 is 9.53 Å². The number of ether oxygens (including phenoxy) is 1. The van der Waals surface area contributed by atoms with Crippen molar-refractivity contribution in [3.05, 3.63) is 64.7 Å². The molecule has 0 bridgehead atoms. The Morgan fingerprint density at radius 1 is 1.19 bits per heavy atom. The lowest BCUT2D eigenvalue weighted by molar-refractivity contribution is -0.118. The fraction of sp³-hybridized carbons (Fsp3) is 0.211. The molecule has 0 spiro atoms. The first-order valence-corrected chi connectivity index (χ1v) is 9.29. The van der Waals surface area contributed by atoms with Gasteiger partial charge in [-0.15, -0.1) is 5.10 Å². The molecule has 1 atom stereocenters. The topological polar surface area (TPSA) is 63.1 Å². The van der Waals surface area contributed by atoms with E-state index in [1.807, 2.05) is 43.3 Å². The molecule has 134 valence electrons. The number of halogens is 1. The van der Waals surface area contributed by atoms with Gasteiger partial charge in [-0.05, 0) is 48.7 Å². The van der Waals surface area contributed by atoms with E-state index in [0.717, 1.165) is 22.6 Å². The van der Waals surface area contributed by atoms with Crippen molar-refractivity contribution in [2.24, 2.45) is 10.2 Å². The molecule has 1 aliphatic rings. The van der Waals surface area contributed by atoms with Crippen LogP contribution in [-0.2, 0) is 11.2 Å². The Labute approximate surface area is 161 Å². The van der Waals surface area contributed by atoms with Gasteiger partial charge in [0.2, 0.25) is 5.91 Å². The highest BCUT2D eigenvalue weighted by molar-refractivity contribution is 8.15. The summed E-state index contributed by atoms with van der Waals surface area (Å²) in [7, 11) is 1.63. The van der Waals surface area contributed by atoms with Gasteiger partial charge in [0.1, 0.15) is 5.75 Å². The number of hydrogen-bond acceptors (Lipinski definition) is 5. The van der Waals surface area contributed by atoms with Crippen LogP contribution in [0.15, 0.2) is 58.7 Å². The summed E-state index contributed by atoms with van der Waals surface area (Å²) in [6.07, 6.45) is 0.624. The second kappa shape index (κ2) is 8.38. The van der Waals surface area contributed by atoms with Crippen LogP contribution in [0, 0.1) is 0 Å².